The fourth-order valence-electron chi connectivity index (χ4n) is 2.51. The van der Waals surface area contributed by atoms with Crippen molar-refractivity contribution in [2.45, 2.75) is 20.4 Å². The van der Waals surface area contributed by atoms with Gasteiger partial charge in [0.25, 0.3) is 0 Å². The number of aliphatic hydroxyl groups is 1. The van der Waals surface area contributed by atoms with Crippen LogP contribution in [0.25, 0.3) is 22.4 Å². The van der Waals surface area contributed by atoms with E-state index in [4.69, 9.17) is 4.98 Å². The molecular weight excluding hydrogens is 248 g/mol. The maximum Gasteiger partial charge on any atom is 0.141 e. The molecule has 102 valence electrons. The summed E-state index contributed by atoms with van der Waals surface area (Å²) in [7, 11) is 0. The Kier molecular flexibility index (Phi) is 3.28. The summed E-state index contributed by atoms with van der Waals surface area (Å²) in [6.07, 6.45) is 0. The van der Waals surface area contributed by atoms with Crippen LogP contribution in [0.4, 0.5) is 0 Å². The Labute approximate surface area is 118 Å². The van der Waals surface area contributed by atoms with Crippen LogP contribution < -0.4 is 0 Å². The molecule has 1 N–H and O–H groups in total. The number of imidazole rings is 1. The lowest BCUT2D eigenvalue weighted by molar-refractivity contribution is 0.278. The lowest BCUT2D eigenvalue weighted by Crippen LogP contribution is -2.04. The van der Waals surface area contributed by atoms with E-state index in [0.717, 1.165) is 22.4 Å². The highest BCUT2D eigenvalue weighted by Gasteiger charge is 2.13. The molecule has 20 heavy (non-hydrogen) atoms. The van der Waals surface area contributed by atoms with Crippen molar-refractivity contribution < 1.29 is 5.11 Å². The van der Waals surface area contributed by atoms with Gasteiger partial charge in [0.1, 0.15) is 5.82 Å². The lowest BCUT2D eigenvalue weighted by Gasteiger charge is -2.08. The van der Waals surface area contributed by atoms with Crippen LogP contribution in [0.15, 0.2) is 42.5 Å². The van der Waals surface area contributed by atoms with Gasteiger partial charge in [-0.05, 0) is 37.1 Å². The predicted octanol–water partition coefficient (Wildman–Crippen LogP) is 3.31. The number of aromatic nitrogens is 2. The molecule has 0 aliphatic rings. The number of fused-ring (bicyclic) bond motifs is 1. The van der Waals surface area contributed by atoms with E-state index in [2.05, 4.69) is 42.7 Å². The minimum atomic E-state index is 0.109. The molecule has 0 bridgehead atoms. The quantitative estimate of drug-likeness (QED) is 0.789. The first kappa shape index (κ1) is 12.9. The fourth-order valence-corrected chi connectivity index (χ4v) is 2.51. The molecule has 1 aromatic heterocycles. The van der Waals surface area contributed by atoms with Gasteiger partial charge in [-0.2, -0.15) is 0 Å². The fraction of sp³-hybridized carbons (Fsp3) is 0.235. The summed E-state index contributed by atoms with van der Waals surface area (Å²) >= 11 is 0. The first-order valence-electron chi connectivity index (χ1n) is 6.84. The van der Waals surface area contributed by atoms with Gasteiger partial charge >= 0.3 is 0 Å². The Morgan fingerprint density at radius 1 is 1.05 bits per heavy atom. The average Bonchev–Trinajstić information content (AvgIpc) is 2.79. The Bertz CT molecular complexity index is 745. The molecule has 0 saturated carbocycles. The molecule has 3 rings (SSSR count). The summed E-state index contributed by atoms with van der Waals surface area (Å²) in [4.78, 5) is 4.76. The minimum Gasteiger partial charge on any atom is -0.395 e. The second-order valence-electron chi connectivity index (χ2n) is 5.10. The normalized spacial score (nSPS) is 11.2. The van der Waals surface area contributed by atoms with Gasteiger partial charge in [-0.3, -0.25) is 0 Å². The van der Waals surface area contributed by atoms with Gasteiger partial charge in [0, 0.05) is 12.1 Å². The Morgan fingerprint density at radius 2 is 1.75 bits per heavy atom. The average molecular weight is 266 g/mol. The predicted molar refractivity (Wildman–Crippen MR) is 81.7 cm³/mol. The van der Waals surface area contributed by atoms with Gasteiger partial charge in [0.2, 0.25) is 0 Å². The van der Waals surface area contributed by atoms with Crippen molar-refractivity contribution in [1.29, 1.82) is 0 Å². The highest BCUT2D eigenvalue weighted by atomic mass is 16.3. The van der Waals surface area contributed by atoms with Crippen molar-refractivity contribution in [1.82, 2.24) is 9.55 Å². The number of aryl methyl sites for hydroxylation is 2. The first-order valence-corrected chi connectivity index (χ1v) is 6.84. The maximum absolute atomic E-state index is 9.34. The van der Waals surface area contributed by atoms with E-state index in [1.54, 1.807) is 0 Å². The van der Waals surface area contributed by atoms with Crippen molar-refractivity contribution >= 4 is 11.0 Å². The molecule has 0 saturated heterocycles. The topological polar surface area (TPSA) is 38.0 Å². The monoisotopic (exact) mass is 266 g/mol. The van der Waals surface area contributed by atoms with Crippen molar-refractivity contribution in [2.24, 2.45) is 0 Å². The number of hydrogen-bond donors (Lipinski definition) is 1. The molecule has 0 fully saturated rings. The molecule has 3 aromatic rings. The molecule has 0 aliphatic heterocycles. The Hall–Kier alpha value is -2.13. The summed E-state index contributed by atoms with van der Waals surface area (Å²) in [5.41, 5.74) is 5.64. The van der Waals surface area contributed by atoms with E-state index in [0.29, 0.717) is 6.54 Å². The highest BCUT2D eigenvalue weighted by molar-refractivity contribution is 5.82. The summed E-state index contributed by atoms with van der Waals surface area (Å²) in [6.45, 7) is 4.87. The van der Waals surface area contributed by atoms with E-state index in [9.17, 15) is 5.11 Å². The van der Waals surface area contributed by atoms with Crippen LogP contribution in [0.1, 0.15) is 11.1 Å². The molecule has 0 unspecified atom stereocenters. The lowest BCUT2D eigenvalue weighted by atomic mass is 10.1. The van der Waals surface area contributed by atoms with Gasteiger partial charge < -0.3 is 9.67 Å². The largest absolute Gasteiger partial charge is 0.395 e. The number of hydrogen-bond acceptors (Lipinski definition) is 2. The Morgan fingerprint density at radius 3 is 2.45 bits per heavy atom. The van der Waals surface area contributed by atoms with E-state index in [-0.39, 0.29) is 6.61 Å². The summed E-state index contributed by atoms with van der Waals surface area (Å²) < 4.78 is 2.09. The molecule has 0 radical (unpaired) electrons. The third-order valence-electron chi connectivity index (χ3n) is 3.72. The standard InChI is InChI=1S/C17H18N2O/c1-12-10-15-16(11-13(12)2)19(8-9-20)17(18-15)14-6-4-3-5-7-14/h3-7,10-11,20H,8-9H2,1-2H3. The van der Waals surface area contributed by atoms with Crippen molar-refractivity contribution in [3.8, 4) is 11.4 Å². The van der Waals surface area contributed by atoms with Crippen LogP contribution in [-0.4, -0.2) is 21.3 Å². The zero-order valence-corrected chi connectivity index (χ0v) is 11.8. The van der Waals surface area contributed by atoms with Crippen LogP contribution in [0, 0.1) is 13.8 Å². The summed E-state index contributed by atoms with van der Waals surface area (Å²) in [6, 6.07) is 14.4. The van der Waals surface area contributed by atoms with Gasteiger partial charge in [-0.1, -0.05) is 30.3 Å². The van der Waals surface area contributed by atoms with Crippen LogP contribution in [0.3, 0.4) is 0 Å². The minimum absolute atomic E-state index is 0.109. The van der Waals surface area contributed by atoms with E-state index in [1.807, 2.05) is 18.2 Å². The molecule has 0 amide bonds. The van der Waals surface area contributed by atoms with Crippen molar-refractivity contribution in [2.75, 3.05) is 6.61 Å². The number of aliphatic hydroxyl groups excluding tert-OH is 1. The Balaban J connectivity index is 2.28. The first-order chi connectivity index (χ1) is 9.70. The molecule has 1 heterocycles. The van der Waals surface area contributed by atoms with Gasteiger partial charge in [-0.15, -0.1) is 0 Å². The third-order valence-corrected chi connectivity index (χ3v) is 3.72. The van der Waals surface area contributed by atoms with Gasteiger partial charge in [0.15, 0.2) is 0 Å². The smallest absolute Gasteiger partial charge is 0.141 e. The van der Waals surface area contributed by atoms with E-state index < -0.39 is 0 Å². The van der Waals surface area contributed by atoms with Crippen molar-refractivity contribution in [3.05, 3.63) is 53.6 Å². The van der Waals surface area contributed by atoms with Crippen molar-refractivity contribution in [3.63, 3.8) is 0 Å². The molecule has 0 spiro atoms. The molecule has 3 heteroatoms. The SMILES string of the molecule is Cc1cc2nc(-c3ccccc3)n(CCO)c2cc1C. The number of benzene rings is 2. The second-order valence-corrected chi connectivity index (χ2v) is 5.10. The van der Waals surface area contributed by atoms with Crippen LogP contribution in [0.5, 0.6) is 0 Å². The molecule has 3 nitrogen and oxygen atoms in total. The summed E-state index contributed by atoms with van der Waals surface area (Å²) in [5.74, 6) is 0.916. The van der Waals surface area contributed by atoms with Crippen LogP contribution in [-0.2, 0) is 6.54 Å². The second kappa shape index (κ2) is 5.10. The van der Waals surface area contributed by atoms with E-state index >= 15 is 0 Å². The van der Waals surface area contributed by atoms with Gasteiger partial charge in [0.05, 0.1) is 17.6 Å². The van der Waals surface area contributed by atoms with Crippen LogP contribution in [0.2, 0.25) is 0 Å². The molecular formula is C17H18N2O. The van der Waals surface area contributed by atoms with Crippen LogP contribution >= 0.6 is 0 Å². The summed E-state index contributed by atoms with van der Waals surface area (Å²) in [5, 5.41) is 9.34. The molecule has 2 aromatic carbocycles. The van der Waals surface area contributed by atoms with Gasteiger partial charge in [-0.25, -0.2) is 4.98 Å². The molecule has 0 atom stereocenters. The third kappa shape index (κ3) is 2.10. The zero-order valence-electron chi connectivity index (χ0n) is 11.8. The number of nitrogens with zero attached hydrogens (tertiary/aromatic N) is 2. The maximum atomic E-state index is 9.34. The van der Waals surface area contributed by atoms with E-state index in [1.165, 1.54) is 11.1 Å². The highest BCUT2D eigenvalue weighted by Crippen LogP contribution is 2.26. The molecule has 0 aliphatic carbocycles. The zero-order chi connectivity index (χ0) is 14.1. The number of rotatable bonds is 3.